The van der Waals surface area contributed by atoms with Gasteiger partial charge in [0.1, 0.15) is 59.6 Å². The van der Waals surface area contributed by atoms with Crippen molar-refractivity contribution in [2.24, 2.45) is 35.5 Å². The van der Waals surface area contributed by atoms with Crippen LogP contribution in [0.3, 0.4) is 0 Å². The Morgan fingerprint density at radius 1 is 0.727 bits per heavy atom. The van der Waals surface area contributed by atoms with Crippen molar-refractivity contribution >= 4 is 81.0 Å². The minimum absolute atomic E-state index is 0.0128. The number of aryl methyl sites for hydroxylation is 1. The van der Waals surface area contributed by atoms with E-state index in [1.165, 1.54) is 23.9 Å². The van der Waals surface area contributed by atoms with Gasteiger partial charge in [0, 0.05) is 129 Å². The number of piperidine rings is 1. The van der Waals surface area contributed by atoms with Crippen molar-refractivity contribution in [2.75, 3.05) is 136 Å². The molecule has 4 aromatic heterocycles. The molecule has 6 N–H and O–H groups in total. The number of piperazine rings is 1. The second-order valence-electron chi connectivity index (χ2n) is 35.3. The van der Waals surface area contributed by atoms with Crippen LogP contribution in [-0.4, -0.2) is 275 Å². The first kappa shape index (κ1) is 97.4. The van der Waals surface area contributed by atoms with E-state index in [0.717, 1.165) is 67.0 Å². The molecule has 6 aliphatic rings. The maximum atomic E-state index is 14.8. The summed E-state index contributed by atoms with van der Waals surface area (Å²) < 4.78 is 66.7. The van der Waals surface area contributed by atoms with Crippen LogP contribution in [0.2, 0.25) is 0 Å². The molecule has 9 heterocycles. The smallest absolute Gasteiger partial charge is 0.329 e. The van der Waals surface area contributed by atoms with E-state index in [9.17, 15) is 43.8 Å². The molecule has 0 unspecified atom stereocenters. The molecule has 12 rings (SSSR count). The Morgan fingerprint density at radius 2 is 1.47 bits per heavy atom. The Balaban J connectivity index is 0.531. The standard InChI is InChI=1S/C95H131N13O20/c1-59-16-12-11-13-17-60(2)78(118-8)52-72-25-19-65(7)95(117,128-72)88(114)91(115)107-31-15-14-18-74(107)92(116)126-79(53-75(109)61(3)47-64(6)86(113)87(120-10)85(112)63(5)46-59)62(4)48-66-21-26-77(80(50-66)119-9)125-82(111)28-22-68-54-98-94(99-55-68)105-35-33-104(34-36-105)37-39-122-41-43-124-45-44-123-42-40-121-38-30-81(110)106-32-29-69-49-67(20-23-71(69)57-106)56-108-90-83(89(96)100-58-101-90)84(103-108)70-24-27-76-73(51-70)102-93(97)127-76/h11-13,16-17,20,23-24,27,47,49,51,54-55,58-59,61-63,65-66,72,74,77-80,86-87,113,117H,14-15,18-19,21-22,25-26,28-46,48,50,52-53,56-57H2,1-10H3,(H2,97,102)(H2,96,100,101)/b13-11+,16-12+,60-17+,64-47+/t59-,61-,62-,63-,65-,66+,72+,74+,77-,78+,79+,80-,86-,87+,95-/m1/s1. The minimum Gasteiger partial charge on any atom is -0.460 e. The van der Waals surface area contributed by atoms with Crippen molar-refractivity contribution in [1.82, 2.24) is 49.4 Å². The summed E-state index contributed by atoms with van der Waals surface area (Å²) in [7, 11) is 4.53. The third-order valence-electron chi connectivity index (χ3n) is 26.0. The van der Waals surface area contributed by atoms with Crippen LogP contribution in [0.4, 0.5) is 17.8 Å². The Morgan fingerprint density at radius 3 is 2.20 bits per heavy atom. The van der Waals surface area contributed by atoms with Gasteiger partial charge in [0.25, 0.3) is 17.7 Å². The number of anilines is 3. The molecule has 128 heavy (non-hydrogen) atoms. The van der Waals surface area contributed by atoms with Gasteiger partial charge in [-0.1, -0.05) is 89.3 Å². The third-order valence-corrected chi connectivity index (χ3v) is 26.0. The Labute approximate surface area is 749 Å². The fourth-order valence-corrected chi connectivity index (χ4v) is 18.3. The van der Waals surface area contributed by atoms with Gasteiger partial charge in [-0.25, -0.2) is 29.4 Å². The molecule has 1 saturated carbocycles. The number of methoxy groups -OCH3 is 3. The number of allylic oxidation sites excluding steroid dienone is 6. The molecular weight excluding hydrogens is 1640 g/mol. The highest BCUT2D eigenvalue weighted by atomic mass is 16.6. The second kappa shape index (κ2) is 46.7. The van der Waals surface area contributed by atoms with E-state index >= 15 is 0 Å². The molecule has 0 radical (unpaired) electrons. The van der Waals surface area contributed by atoms with Crippen LogP contribution >= 0.6 is 0 Å². The number of rotatable bonds is 29. The lowest BCUT2D eigenvalue weighted by Gasteiger charge is -2.42. The number of cyclic esters (lactones) is 1. The van der Waals surface area contributed by atoms with Gasteiger partial charge in [0.15, 0.2) is 17.0 Å². The van der Waals surface area contributed by atoms with Gasteiger partial charge in [-0.05, 0) is 160 Å². The summed E-state index contributed by atoms with van der Waals surface area (Å²) in [4.78, 5) is 129. The number of ether oxygens (including phenoxy) is 10. The number of benzene rings is 2. The fraction of sp³-hybridized carbons (Fsp3) is 0.611. The number of aliphatic hydroxyl groups excluding tert-OH is 1. The summed E-state index contributed by atoms with van der Waals surface area (Å²) in [6, 6.07) is 10.7. The number of esters is 2. The normalized spacial score (nSPS) is 27.8. The highest BCUT2D eigenvalue weighted by Gasteiger charge is 2.53. The molecule has 1 aliphatic carbocycles. The average Bonchev–Trinajstić information content (AvgIpc) is 1.48. The topological polar surface area (TPSA) is 413 Å². The molecule has 33 nitrogen and oxygen atoms in total. The van der Waals surface area contributed by atoms with E-state index in [2.05, 4.69) is 52.9 Å². The zero-order chi connectivity index (χ0) is 91.1. The van der Waals surface area contributed by atoms with Crippen molar-refractivity contribution in [3.8, 4) is 11.3 Å². The summed E-state index contributed by atoms with van der Waals surface area (Å²) in [5, 5.41) is 29.4. The van der Waals surface area contributed by atoms with Crippen LogP contribution in [0.5, 0.6) is 0 Å². The number of carbonyl (C=O) groups excluding carboxylic acids is 7. The summed E-state index contributed by atoms with van der Waals surface area (Å²) in [5.74, 6) is -8.00. The highest BCUT2D eigenvalue weighted by molar-refractivity contribution is 6.39. The number of hydrogen-bond donors (Lipinski definition) is 4. The second-order valence-corrected chi connectivity index (χ2v) is 35.3. The predicted molar refractivity (Wildman–Crippen MR) is 478 cm³/mol. The van der Waals surface area contributed by atoms with E-state index in [1.54, 1.807) is 59.5 Å². The SMILES string of the molecule is CO[C@H]1C[C@@H]2CC[C@@H](C)[C@@](O)(O2)C(=O)C(=O)N2CCCC[C@H]2C(=O)O[C@H]([C@H](C)C[C@@H]2CC[C@@H](OC(=O)CCc3cnc(N4CCN(CCOCCOCCOCCOCCC(=O)N5CCc6cc(Cn7nc(-c8ccc9oc(N)nc9c8)c8c(N)ncnc87)ccc6C5)CC4)nc3)[C@H](OC)C2)CC(=O)[C@H](C)/C=C(\C)[C@@H](O)[C@@H](OC)C(=O)[C@H](C)C[C@H](C)/C=C/C=C/C=C/1C. The molecule has 4 fully saturated rings. The molecule has 0 spiro atoms. The number of aliphatic hydroxyl groups is 2. The van der Waals surface area contributed by atoms with Crippen molar-refractivity contribution in [2.45, 2.75) is 219 Å². The number of amides is 2. The van der Waals surface area contributed by atoms with Gasteiger partial charge in [-0.15, -0.1) is 0 Å². The lowest BCUT2D eigenvalue weighted by molar-refractivity contribution is -0.265. The fourth-order valence-electron chi connectivity index (χ4n) is 18.3. The number of nitrogens with zero attached hydrogens (tertiary/aromatic N) is 11. The number of nitrogen functional groups attached to an aromatic ring is 2. The first-order chi connectivity index (χ1) is 61.7. The molecule has 33 heteroatoms. The van der Waals surface area contributed by atoms with Gasteiger partial charge in [-0.2, -0.15) is 10.1 Å². The summed E-state index contributed by atoms with van der Waals surface area (Å²) in [6.07, 6.45) is 16.6. The number of aromatic nitrogens is 7. The first-order valence-electron chi connectivity index (χ1n) is 45.5. The van der Waals surface area contributed by atoms with Gasteiger partial charge in [0.2, 0.25) is 17.6 Å². The van der Waals surface area contributed by atoms with Crippen molar-refractivity contribution in [1.29, 1.82) is 0 Å². The summed E-state index contributed by atoms with van der Waals surface area (Å²) >= 11 is 0. The molecule has 2 bridgehead atoms. The molecular formula is C95H131N13O20. The number of oxazole rings is 1. The van der Waals surface area contributed by atoms with E-state index in [-0.39, 0.29) is 79.9 Å². The molecule has 15 atom stereocenters. The van der Waals surface area contributed by atoms with Gasteiger partial charge in [-0.3, -0.25) is 33.7 Å². The van der Waals surface area contributed by atoms with Crippen molar-refractivity contribution < 1.29 is 95.6 Å². The van der Waals surface area contributed by atoms with Crippen molar-refractivity contribution in [3.05, 3.63) is 125 Å². The van der Waals surface area contributed by atoms with Crippen LogP contribution in [0.1, 0.15) is 161 Å². The molecule has 3 saturated heterocycles. The van der Waals surface area contributed by atoms with Gasteiger partial charge in [0.05, 0.1) is 89.5 Å². The van der Waals surface area contributed by atoms with Crippen molar-refractivity contribution in [3.63, 3.8) is 0 Å². The third kappa shape index (κ3) is 25.7. The molecule has 2 amide bonds. The predicted octanol–water partition coefficient (Wildman–Crippen LogP) is 9.48. The first-order valence-corrected chi connectivity index (χ1v) is 45.5. The molecule has 5 aliphatic heterocycles. The van der Waals surface area contributed by atoms with Crippen LogP contribution in [0.25, 0.3) is 33.4 Å². The summed E-state index contributed by atoms with van der Waals surface area (Å²) in [5.41, 5.74) is 20.7. The van der Waals surface area contributed by atoms with E-state index < -0.39 is 95.9 Å². The lowest BCUT2D eigenvalue weighted by atomic mass is 9.78. The monoisotopic (exact) mass is 1770 g/mol. The minimum atomic E-state index is -2.48. The maximum absolute atomic E-state index is 14.8. The average molecular weight is 1780 g/mol. The van der Waals surface area contributed by atoms with Crippen LogP contribution in [-0.2, 0) is 107 Å². The number of ketones is 3. The van der Waals surface area contributed by atoms with E-state index in [4.69, 9.17) is 68.4 Å². The van der Waals surface area contributed by atoms with E-state index in [0.29, 0.717) is 182 Å². The Bertz CT molecular complexity index is 4870. The van der Waals surface area contributed by atoms with Crippen LogP contribution < -0.4 is 16.4 Å². The van der Waals surface area contributed by atoms with Gasteiger partial charge >= 0.3 is 11.9 Å². The Kier molecular flexibility index (Phi) is 35.6. The largest absolute Gasteiger partial charge is 0.460 e. The highest BCUT2D eigenvalue weighted by Crippen LogP contribution is 2.40. The quantitative estimate of drug-likeness (QED) is 0.0147. The maximum Gasteiger partial charge on any atom is 0.329 e. The number of carbonyl (C=O) groups is 7. The number of hydrogen-bond acceptors (Lipinski definition) is 30. The van der Waals surface area contributed by atoms with Crippen LogP contribution in [0, 0.1) is 35.5 Å². The number of Topliss-reactive ketones (excluding diaryl/α,β-unsaturated/α-hetero) is 3. The molecule has 6 aromatic rings. The summed E-state index contributed by atoms with van der Waals surface area (Å²) in [6.45, 7) is 21.5. The number of nitrogens with two attached hydrogens (primary N) is 2. The molecule has 696 valence electrons. The molecule has 2 aromatic carbocycles. The zero-order valence-corrected chi connectivity index (χ0v) is 75.9. The van der Waals surface area contributed by atoms with E-state index in [1.807, 2.05) is 79.8 Å². The van der Waals surface area contributed by atoms with Crippen LogP contribution in [0.15, 0.2) is 107 Å². The Hall–Kier alpha value is -9.65. The lowest BCUT2D eigenvalue weighted by Crippen LogP contribution is -2.61. The van der Waals surface area contributed by atoms with Gasteiger partial charge < -0.3 is 88.2 Å². The number of fused-ring (bicyclic) bond motifs is 6. The zero-order valence-electron chi connectivity index (χ0n) is 75.9.